The average Bonchev–Trinajstić information content (AvgIpc) is 3.37. The molecular formula is C26H22N4O4S. The van der Waals surface area contributed by atoms with Crippen molar-refractivity contribution in [1.29, 1.82) is 0 Å². The third kappa shape index (κ3) is 5.96. The summed E-state index contributed by atoms with van der Waals surface area (Å²) < 4.78 is 6.57. The van der Waals surface area contributed by atoms with Crippen LogP contribution in [-0.2, 0) is 9.53 Å². The number of carbonyl (C=O) groups excluding carboxylic acids is 3. The van der Waals surface area contributed by atoms with E-state index in [2.05, 4.69) is 15.6 Å². The van der Waals surface area contributed by atoms with Crippen LogP contribution in [0.1, 0.15) is 20.7 Å². The molecule has 0 bridgehead atoms. The first-order valence-electron chi connectivity index (χ1n) is 10.7. The zero-order valence-electron chi connectivity index (χ0n) is 18.8. The molecule has 2 N–H and O–H groups in total. The minimum Gasteiger partial charge on any atom is -0.465 e. The van der Waals surface area contributed by atoms with Crippen molar-refractivity contribution < 1.29 is 19.1 Å². The number of carbonyl (C=O) groups is 3. The van der Waals surface area contributed by atoms with Gasteiger partial charge in [-0.15, -0.1) is 0 Å². The highest BCUT2D eigenvalue weighted by atomic mass is 32.2. The molecule has 0 aliphatic carbocycles. The van der Waals surface area contributed by atoms with Gasteiger partial charge in [0.2, 0.25) is 5.91 Å². The quantitative estimate of drug-likeness (QED) is 0.278. The highest BCUT2D eigenvalue weighted by Gasteiger charge is 2.15. The van der Waals surface area contributed by atoms with E-state index in [-0.39, 0.29) is 23.1 Å². The Balaban J connectivity index is 1.43. The SMILES string of the molecule is COC(=O)c1ccccc1NC(=O)CSc1nccn1-c1cccc(C(=O)Nc2ccccc2)c1. The fourth-order valence-corrected chi connectivity index (χ4v) is 4.08. The van der Waals surface area contributed by atoms with E-state index in [0.29, 0.717) is 22.1 Å². The van der Waals surface area contributed by atoms with Gasteiger partial charge in [0, 0.05) is 29.3 Å². The second-order valence-corrected chi connectivity index (χ2v) is 8.27. The summed E-state index contributed by atoms with van der Waals surface area (Å²) in [4.78, 5) is 41.5. The molecule has 0 fully saturated rings. The number of nitrogens with zero attached hydrogens (tertiary/aromatic N) is 2. The van der Waals surface area contributed by atoms with Crippen molar-refractivity contribution in [2.45, 2.75) is 5.16 Å². The lowest BCUT2D eigenvalue weighted by Crippen LogP contribution is -2.17. The standard InChI is InChI=1S/C26H22N4O4S/c1-34-25(33)21-12-5-6-13-22(21)29-23(31)17-35-26-27-14-15-30(26)20-11-7-8-18(16-20)24(32)28-19-9-3-2-4-10-19/h2-16H,17H2,1H3,(H,28,32)(H,29,31). The first-order chi connectivity index (χ1) is 17.0. The summed E-state index contributed by atoms with van der Waals surface area (Å²) in [5.74, 6) is -0.978. The van der Waals surface area contributed by atoms with Gasteiger partial charge in [-0.3, -0.25) is 14.2 Å². The van der Waals surface area contributed by atoms with Crippen molar-refractivity contribution in [2.24, 2.45) is 0 Å². The number of aromatic nitrogens is 2. The number of ether oxygens (including phenoxy) is 1. The van der Waals surface area contributed by atoms with Crippen LogP contribution < -0.4 is 10.6 Å². The Morgan fingerprint density at radius 3 is 2.51 bits per heavy atom. The number of nitrogens with one attached hydrogen (secondary N) is 2. The summed E-state index contributed by atoms with van der Waals surface area (Å²) in [6.07, 6.45) is 3.39. The fraction of sp³-hybridized carbons (Fsp3) is 0.0769. The Morgan fingerprint density at radius 1 is 0.943 bits per heavy atom. The molecule has 0 atom stereocenters. The van der Waals surface area contributed by atoms with Gasteiger partial charge in [-0.1, -0.05) is 48.2 Å². The molecule has 0 radical (unpaired) electrons. The van der Waals surface area contributed by atoms with Gasteiger partial charge in [-0.05, 0) is 42.5 Å². The van der Waals surface area contributed by atoms with E-state index >= 15 is 0 Å². The van der Waals surface area contributed by atoms with Crippen LogP contribution in [-0.4, -0.2) is 40.2 Å². The topological polar surface area (TPSA) is 102 Å². The van der Waals surface area contributed by atoms with Crippen LogP contribution in [0.2, 0.25) is 0 Å². The summed E-state index contributed by atoms with van der Waals surface area (Å²) in [6, 6.07) is 23.0. The van der Waals surface area contributed by atoms with Crippen molar-refractivity contribution in [1.82, 2.24) is 9.55 Å². The molecule has 4 aromatic rings. The van der Waals surface area contributed by atoms with Crippen LogP contribution in [0, 0.1) is 0 Å². The van der Waals surface area contributed by atoms with Gasteiger partial charge in [0.25, 0.3) is 5.91 Å². The van der Waals surface area contributed by atoms with Crippen LogP contribution >= 0.6 is 11.8 Å². The normalized spacial score (nSPS) is 10.4. The Kier molecular flexibility index (Phi) is 7.59. The summed E-state index contributed by atoms with van der Waals surface area (Å²) in [7, 11) is 1.29. The molecule has 176 valence electrons. The number of benzene rings is 3. The third-order valence-corrected chi connectivity index (χ3v) is 5.93. The number of thioether (sulfide) groups is 1. The minimum atomic E-state index is -0.528. The van der Waals surface area contributed by atoms with Crippen molar-refractivity contribution >= 4 is 40.9 Å². The first-order valence-corrected chi connectivity index (χ1v) is 11.6. The number of para-hydroxylation sites is 2. The maximum absolute atomic E-state index is 12.7. The Labute approximate surface area is 206 Å². The van der Waals surface area contributed by atoms with E-state index < -0.39 is 5.97 Å². The van der Waals surface area contributed by atoms with Crippen LogP contribution in [0.3, 0.4) is 0 Å². The highest BCUT2D eigenvalue weighted by Crippen LogP contribution is 2.23. The molecule has 0 saturated heterocycles. The lowest BCUT2D eigenvalue weighted by Gasteiger charge is -2.11. The minimum absolute atomic E-state index is 0.0701. The second-order valence-electron chi connectivity index (χ2n) is 7.32. The van der Waals surface area contributed by atoms with E-state index in [1.165, 1.54) is 18.9 Å². The molecule has 8 nitrogen and oxygen atoms in total. The molecule has 3 aromatic carbocycles. The lowest BCUT2D eigenvalue weighted by molar-refractivity contribution is -0.113. The van der Waals surface area contributed by atoms with Gasteiger partial charge in [0.15, 0.2) is 5.16 Å². The molecule has 1 aromatic heterocycles. The van der Waals surface area contributed by atoms with E-state index in [1.807, 2.05) is 36.4 Å². The van der Waals surface area contributed by atoms with E-state index in [9.17, 15) is 14.4 Å². The van der Waals surface area contributed by atoms with Crippen LogP contribution in [0.4, 0.5) is 11.4 Å². The maximum Gasteiger partial charge on any atom is 0.339 e. The monoisotopic (exact) mass is 486 g/mol. The predicted octanol–water partition coefficient (Wildman–Crippen LogP) is 4.64. The summed E-state index contributed by atoms with van der Waals surface area (Å²) in [6.45, 7) is 0. The van der Waals surface area contributed by atoms with Crippen molar-refractivity contribution in [3.63, 3.8) is 0 Å². The van der Waals surface area contributed by atoms with Crippen molar-refractivity contribution in [2.75, 3.05) is 23.5 Å². The molecule has 0 aliphatic rings. The van der Waals surface area contributed by atoms with Gasteiger partial charge >= 0.3 is 5.97 Å². The molecule has 35 heavy (non-hydrogen) atoms. The zero-order chi connectivity index (χ0) is 24.6. The number of rotatable bonds is 8. The summed E-state index contributed by atoms with van der Waals surface area (Å²) in [5.41, 5.74) is 2.60. The average molecular weight is 487 g/mol. The number of imidazole rings is 1. The molecule has 0 spiro atoms. The van der Waals surface area contributed by atoms with E-state index in [4.69, 9.17) is 4.74 Å². The number of hydrogen-bond donors (Lipinski definition) is 2. The Hall–Kier alpha value is -4.37. The fourth-order valence-electron chi connectivity index (χ4n) is 3.31. The second kappa shape index (κ2) is 11.2. The molecule has 4 rings (SSSR count). The van der Waals surface area contributed by atoms with Gasteiger partial charge in [0.05, 0.1) is 24.1 Å². The highest BCUT2D eigenvalue weighted by molar-refractivity contribution is 7.99. The van der Waals surface area contributed by atoms with Crippen LogP contribution in [0.5, 0.6) is 0 Å². The lowest BCUT2D eigenvalue weighted by atomic mass is 10.2. The largest absolute Gasteiger partial charge is 0.465 e. The molecule has 0 aliphatic heterocycles. The van der Waals surface area contributed by atoms with E-state index in [0.717, 1.165) is 5.69 Å². The number of esters is 1. The molecule has 1 heterocycles. The smallest absolute Gasteiger partial charge is 0.339 e. The van der Waals surface area contributed by atoms with Crippen molar-refractivity contribution in [3.05, 3.63) is 102 Å². The Morgan fingerprint density at radius 2 is 1.71 bits per heavy atom. The van der Waals surface area contributed by atoms with Gasteiger partial charge in [-0.2, -0.15) is 0 Å². The Bertz CT molecular complexity index is 1350. The number of amides is 2. The molecule has 0 saturated carbocycles. The number of hydrogen-bond acceptors (Lipinski definition) is 6. The van der Waals surface area contributed by atoms with Gasteiger partial charge in [-0.25, -0.2) is 9.78 Å². The summed E-state index contributed by atoms with van der Waals surface area (Å²) >= 11 is 1.24. The molecular weight excluding hydrogens is 464 g/mol. The maximum atomic E-state index is 12.7. The van der Waals surface area contributed by atoms with E-state index in [1.54, 1.807) is 59.4 Å². The van der Waals surface area contributed by atoms with Crippen LogP contribution in [0.25, 0.3) is 5.69 Å². The van der Waals surface area contributed by atoms with Crippen LogP contribution in [0.15, 0.2) is 96.4 Å². The van der Waals surface area contributed by atoms with Gasteiger partial charge < -0.3 is 15.4 Å². The third-order valence-electron chi connectivity index (χ3n) is 4.96. The number of methoxy groups -OCH3 is 1. The summed E-state index contributed by atoms with van der Waals surface area (Å²) in [5, 5.41) is 6.20. The van der Waals surface area contributed by atoms with Crippen molar-refractivity contribution in [3.8, 4) is 5.69 Å². The number of anilines is 2. The molecule has 9 heteroatoms. The molecule has 2 amide bonds. The zero-order valence-corrected chi connectivity index (χ0v) is 19.6. The first kappa shape index (κ1) is 23.8. The predicted molar refractivity (Wildman–Crippen MR) is 135 cm³/mol. The molecule has 0 unspecified atom stereocenters. The van der Waals surface area contributed by atoms with Gasteiger partial charge in [0.1, 0.15) is 0 Å².